The second-order valence-electron chi connectivity index (χ2n) is 5.48. The molecule has 5 nitrogen and oxygen atoms in total. The number of hydrogen-bond donors (Lipinski definition) is 1. The Kier molecular flexibility index (Phi) is 5.64. The van der Waals surface area contributed by atoms with E-state index in [-0.39, 0.29) is 11.8 Å². The highest BCUT2D eigenvalue weighted by Crippen LogP contribution is 2.34. The third-order valence-corrected chi connectivity index (χ3v) is 3.21. The average molecular weight is 290 g/mol. The van der Waals surface area contributed by atoms with Crippen molar-refractivity contribution in [3.8, 4) is 0 Å². The number of methoxy groups -OCH3 is 1. The molecule has 1 heterocycles. The zero-order valence-electron chi connectivity index (χ0n) is 13.1. The highest BCUT2D eigenvalue weighted by molar-refractivity contribution is 5.87. The summed E-state index contributed by atoms with van der Waals surface area (Å²) >= 11 is 0. The number of carbonyl (C=O) groups excluding carboxylic acids is 2. The van der Waals surface area contributed by atoms with Crippen LogP contribution in [0.25, 0.3) is 0 Å². The highest BCUT2D eigenvalue weighted by atomic mass is 16.5. The summed E-state index contributed by atoms with van der Waals surface area (Å²) < 4.78 is 4.89. The molecular formula is C16H22N2O3. The Balaban J connectivity index is 3.19. The van der Waals surface area contributed by atoms with Crippen molar-refractivity contribution < 1.29 is 14.3 Å². The van der Waals surface area contributed by atoms with Crippen molar-refractivity contribution in [1.82, 2.24) is 10.3 Å². The normalized spacial score (nSPS) is 13.5. The summed E-state index contributed by atoms with van der Waals surface area (Å²) in [7, 11) is 1.36. The third kappa shape index (κ3) is 4.41. The van der Waals surface area contributed by atoms with Crippen molar-refractivity contribution in [2.45, 2.75) is 33.7 Å². The molecule has 0 aliphatic carbocycles. The van der Waals surface area contributed by atoms with Crippen molar-refractivity contribution in [1.29, 1.82) is 0 Å². The first-order valence-electron chi connectivity index (χ1n) is 6.73. The molecule has 0 saturated carbocycles. The SMILES string of the molecule is COC(=O)C(C)(C)[C@@H](NC(C)=CC(C)=O)c1ccccn1. The highest BCUT2D eigenvalue weighted by Gasteiger charge is 2.39. The first-order valence-corrected chi connectivity index (χ1v) is 6.73. The number of allylic oxidation sites excluding steroid dienone is 2. The number of pyridine rings is 1. The van der Waals surface area contributed by atoms with Gasteiger partial charge in [-0.1, -0.05) is 6.07 Å². The van der Waals surface area contributed by atoms with E-state index in [9.17, 15) is 9.59 Å². The summed E-state index contributed by atoms with van der Waals surface area (Å²) in [6, 6.07) is 5.10. The molecule has 0 bridgehead atoms. The smallest absolute Gasteiger partial charge is 0.313 e. The van der Waals surface area contributed by atoms with Crippen LogP contribution in [0.4, 0.5) is 0 Å². The number of nitrogens with zero attached hydrogens (tertiary/aromatic N) is 1. The van der Waals surface area contributed by atoms with Crippen molar-refractivity contribution in [3.63, 3.8) is 0 Å². The van der Waals surface area contributed by atoms with Crippen LogP contribution in [0.1, 0.15) is 39.4 Å². The number of hydrogen-bond acceptors (Lipinski definition) is 5. The van der Waals surface area contributed by atoms with E-state index in [1.807, 2.05) is 18.2 Å². The van der Waals surface area contributed by atoms with Gasteiger partial charge in [0.05, 0.1) is 24.3 Å². The Morgan fingerprint density at radius 1 is 1.33 bits per heavy atom. The Morgan fingerprint density at radius 2 is 2.00 bits per heavy atom. The maximum absolute atomic E-state index is 12.1. The molecule has 0 spiro atoms. The van der Waals surface area contributed by atoms with Gasteiger partial charge in [0, 0.05) is 11.9 Å². The van der Waals surface area contributed by atoms with E-state index in [4.69, 9.17) is 4.74 Å². The lowest BCUT2D eigenvalue weighted by Crippen LogP contribution is -2.40. The fourth-order valence-corrected chi connectivity index (χ4v) is 2.13. The van der Waals surface area contributed by atoms with Gasteiger partial charge in [-0.25, -0.2) is 0 Å². The van der Waals surface area contributed by atoms with E-state index >= 15 is 0 Å². The lowest BCUT2D eigenvalue weighted by Gasteiger charge is -2.33. The molecule has 0 aliphatic rings. The molecule has 0 aliphatic heterocycles. The molecule has 0 radical (unpaired) electrons. The number of esters is 1. The first kappa shape index (κ1) is 16.9. The topological polar surface area (TPSA) is 68.3 Å². The standard InChI is InChI=1S/C16H22N2O3/c1-11(10-12(2)19)18-14(13-8-6-7-9-17-13)16(3,4)15(20)21-5/h6-10,14,18H,1-5H3/t14-/m0/s1. The fourth-order valence-electron chi connectivity index (χ4n) is 2.13. The second kappa shape index (κ2) is 7.02. The molecule has 5 heteroatoms. The summed E-state index contributed by atoms with van der Waals surface area (Å²) in [5.41, 5.74) is 0.550. The van der Waals surface area contributed by atoms with E-state index in [0.717, 1.165) is 0 Å². The maximum atomic E-state index is 12.1. The monoisotopic (exact) mass is 290 g/mol. The van der Waals surface area contributed by atoms with Crippen LogP contribution in [0.2, 0.25) is 0 Å². The molecule has 1 atom stereocenters. The molecule has 0 aromatic carbocycles. The van der Waals surface area contributed by atoms with Gasteiger partial charge in [0.2, 0.25) is 0 Å². The number of ether oxygens (including phenoxy) is 1. The zero-order chi connectivity index (χ0) is 16.0. The van der Waals surface area contributed by atoms with Crippen LogP contribution in [-0.2, 0) is 14.3 Å². The van der Waals surface area contributed by atoms with Crippen LogP contribution in [0.3, 0.4) is 0 Å². The summed E-state index contributed by atoms with van der Waals surface area (Å²) in [4.78, 5) is 27.6. The first-order chi connectivity index (χ1) is 9.78. The van der Waals surface area contributed by atoms with Gasteiger partial charge in [0.1, 0.15) is 0 Å². The predicted molar refractivity (Wildman–Crippen MR) is 80.3 cm³/mol. The van der Waals surface area contributed by atoms with Crippen LogP contribution < -0.4 is 5.32 Å². The van der Waals surface area contributed by atoms with E-state index in [1.54, 1.807) is 27.0 Å². The number of aromatic nitrogens is 1. The second-order valence-corrected chi connectivity index (χ2v) is 5.48. The van der Waals surface area contributed by atoms with Gasteiger partial charge < -0.3 is 10.1 Å². The molecule has 0 amide bonds. The lowest BCUT2D eigenvalue weighted by molar-refractivity contribution is -0.152. The van der Waals surface area contributed by atoms with Crippen LogP contribution in [-0.4, -0.2) is 23.8 Å². The maximum Gasteiger partial charge on any atom is 0.313 e. The van der Waals surface area contributed by atoms with Crippen molar-refractivity contribution in [2.24, 2.45) is 5.41 Å². The Labute approximate surface area is 125 Å². The molecule has 1 aromatic heterocycles. The average Bonchev–Trinajstić information content (AvgIpc) is 2.43. The largest absolute Gasteiger partial charge is 0.469 e. The Morgan fingerprint density at radius 3 is 2.48 bits per heavy atom. The molecule has 1 rings (SSSR count). The van der Waals surface area contributed by atoms with Gasteiger partial charge in [-0.2, -0.15) is 0 Å². The van der Waals surface area contributed by atoms with E-state index in [0.29, 0.717) is 11.4 Å². The fraction of sp³-hybridized carbons (Fsp3) is 0.438. The van der Waals surface area contributed by atoms with Gasteiger partial charge in [0.25, 0.3) is 0 Å². The van der Waals surface area contributed by atoms with Crippen LogP contribution in [0.15, 0.2) is 36.2 Å². The molecule has 0 fully saturated rings. The Bertz CT molecular complexity index is 536. The molecule has 1 N–H and O–H groups in total. The summed E-state index contributed by atoms with van der Waals surface area (Å²) in [6.07, 6.45) is 3.16. The van der Waals surface area contributed by atoms with Crippen LogP contribution >= 0.6 is 0 Å². The zero-order valence-corrected chi connectivity index (χ0v) is 13.1. The molecule has 0 saturated heterocycles. The lowest BCUT2D eigenvalue weighted by atomic mass is 9.82. The molecule has 1 aromatic rings. The van der Waals surface area contributed by atoms with Crippen LogP contribution in [0.5, 0.6) is 0 Å². The third-order valence-electron chi connectivity index (χ3n) is 3.21. The van der Waals surface area contributed by atoms with E-state index in [2.05, 4.69) is 10.3 Å². The predicted octanol–water partition coefficient (Wildman–Crippen LogP) is 2.40. The molecule has 0 unspecified atom stereocenters. The minimum Gasteiger partial charge on any atom is -0.469 e. The van der Waals surface area contributed by atoms with Gasteiger partial charge in [-0.15, -0.1) is 0 Å². The number of ketones is 1. The van der Waals surface area contributed by atoms with E-state index in [1.165, 1.54) is 20.1 Å². The van der Waals surface area contributed by atoms with Gasteiger partial charge in [-0.05, 0) is 45.9 Å². The number of rotatable bonds is 6. The van der Waals surface area contributed by atoms with Crippen molar-refractivity contribution in [2.75, 3.05) is 7.11 Å². The molecule has 114 valence electrons. The molecular weight excluding hydrogens is 268 g/mol. The summed E-state index contributed by atoms with van der Waals surface area (Å²) in [5.74, 6) is -0.406. The quantitative estimate of drug-likeness (QED) is 0.643. The van der Waals surface area contributed by atoms with Gasteiger partial charge in [0.15, 0.2) is 5.78 Å². The van der Waals surface area contributed by atoms with Crippen molar-refractivity contribution >= 4 is 11.8 Å². The van der Waals surface area contributed by atoms with E-state index < -0.39 is 11.5 Å². The molecule has 21 heavy (non-hydrogen) atoms. The van der Waals surface area contributed by atoms with Crippen molar-refractivity contribution in [3.05, 3.63) is 41.9 Å². The summed E-state index contributed by atoms with van der Waals surface area (Å²) in [6.45, 7) is 6.83. The number of nitrogens with one attached hydrogen (secondary N) is 1. The van der Waals surface area contributed by atoms with Gasteiger partial charge >= 0.3 is 5.97 Å². The minimum atomic E-state index is -0.838. The summed E-state index contributed by atoms with van der Waals surface area (Å²) in [5, 5.41) is 3.20. The van der Waals surface area contributed by atoms with Gasteiger partial charge in [-0.3, -0.25) is 14.6 Å². The van der Waals surface area contributed by atoms with Crippen LogP contribution in [0, 0.1) is 5.41 Å². The number of carbonyl (C=O) groups is 2. The Hall–Kier alpha value is -2.17. The minimum absolute atomic E-state index is 0.0596.